The fraction of sp³-hybridized carbons (Fsp3) is 0.353. The summed E-state index contributed by atoms with van der Waals surface area (Å²) in [6.45, 7) is 3.17. The van der Waals surface area contributed by atoms with E-state index in [-0.39, 0.29) is 17.0 Å². The van der Waals surface area contributed by atoms with Crippen molar-refractivity contribution in [2.75, 3.05) is 19.6 Å². The third-order valence-corrected chi connectivity index (χ3v) is 5.02. The van der Waals surface area contributed by atoms with Gasteiger partial charge in [0.2, 0.25) is 0 Å². The van der Waals surface area contributed by atoms with Gasteiger partial charge in [0, 0.05) is 42.2 Å². The quantitative estimate of drug-likeness (QED) is 0.907. The zero-order valence-corrected chi connectivity index (χ0v) is 13.4. The molecule has 1 N–H and O–H groups in total. The first-order valence-corrected chi connectivity index (χ1v) is 8.45. The summed E-state index contributed by atoms with van der Waals surface area (Å²) >= 11 is 1.80. The molecule has 122 valence electrons. The number of halogens is 2. The molecule has 1 aromatic heterocycles. The van der Waals surface area contributed by atoms with E-state index in [1.54, 1.807) is 17.4 Å². The predicted octanol–water partition coefficient (Wildman–Crippen LogP) is 3.47. The maximum absolute atomic E-state index is 12.7. The van der Waals surface area contributed by atoms with E-state index in [0.717, 1.165) is 26.1 Å². The number of hydrogen-bond donors (Lipinski definition) is 1. The lowest BCUT2D eigenvalue weighted by atomic mass is 10.1. The first-order chi connectivity index (χ1) is 11.1. The normalized spacial score (nSPS) is 14.7. The number of carbonyl (C=O) groups excluding carboxylic acids is 1. The van der Waals surface area contributed by atoms with E-state index < -0.39 is 6.43 Å². The van der Waals surface area contributed by atoms with Crippen molar-refractivity contribution >= 4 is 17.2 Å². The Bertz CT molecular complexity index is 687. The number of alkyl halides is 2. The number of rotatable bonds is 5. The number of carbonyl (C=O) groups is 1. The summed E-state index contributed by atoms with van der Waals surface area (Å²) < 4.78 is 25.3. The maximum atomic E-state index is 12.7. The molecule has 3 nitrogen and oxygen atoms in total. The first-order valence-electron chi connectivity index (χ1n) is 7.57. The molecule has 6 heteroatoms. The van der Waals surface area contributed by atoms with Crippen molar-refractivity contribution in [3.63, 3.8) is 0 Å². The van der Waals surface area contributed by atoms with Crippen LogP contribution < -0.4 is 5.32 Å². The van der Waals surface area contributed by atoms with Crippen molar-refractivity contribution in [1.29, 1.82) is 0 Å². The van der Waals surface area contributed by atoms with Crippen LogP contribution in [-0.4, -0.2) is 30.4 Å². The molecule has 1 aliphatic rings. The highest BCUT2D eigenvalue weighted by molar-refractivity contribution is 7.10. The fourth-order valence-corrected chi connectivity index (χ4v) is 3.63. The van der Waals surface area contributed by atoms with Gasteiger partial charge in [-0.05, 0) is 35.6 Å². The van der Waals surface area contributed by atoms with E-state index in [1.165, 1.54) is 28.6 Å². The van der Waals surface area contributed by atoms with Crippen molar-refractivity contribution in [2.24, 2.45) is 0 Å². The topological polar surface area (TPSA) is 32.3 Å². The molecule has 0 unspecified atom stereocenters. The van der Waals surface area contributed by atoms with E-state index in [9.17, 15) is 13.6 Å². The van der Waals surface area contributed by atoms with Gasteiger partial charge in [-0.25, -0.2) is 8.78 Å². The maximum Gasteiger partial charge on any atom is 0.263 e. The SMILES string of the molecule is O=C(NCCN1CCc2sccc2C1)c1cccc(C(F)F)c1. The van der Waals surface area contributed by atoms with Crippen LogP contribution in [0.3, 0.4) is 0 Å². The molecule has 2 heterocycles. The van der Waals surface area contributed by atoms with Crippen molar-refractivity contribution in [3.8, 4) is 0 Å². The minimum Gasteiger partial charge on any atom is -0.351 e. The van der Waals surface area contributed by atoms with Gasteiger partial charge in [0.1, 0.15) is 0 Å². The average molecular weight is 336 g/mol. The highest BCUT2D eigenvalue weighted by Gasteiger charge is 2.17. The molecule has 0 aliphatic carbocycles. The van der Waals surface area contributed by atoms with Crippen LogP contribution in [0.15, 0.2) is 35.7 Å². The molecule has 1 aliphatic heterocycles. The van der Waals surface area contributed by atoms with Gasteiger partial charge in [-0.15, -0.1) is 11.3 Å². The summed E-state index contributed by atoms with van der Waals surface area (Å²) in [7, 11) is 0. The minimum atomic E-state index is -2.56. The van der Waals surface area contributed by atoms with E-state index in [0.29, 0.717) is 6.54 Å². The van der Waals surface area contributed by atoms with Crippen molar-refractivity contribution in [1.82, 2.24) is 10.2 Å². The Balaban J connectivity index is 1.49. The van der Waals surface area contributed by atoms with Gasteiger partial charge in [0.25, 0.3) is 12.3 Å². The summed E-state index contributed by atoms with van der Waals surface area (Å²) in [5.41, 5.74) is 1.53. The molecule has 23 heavy (non-hydrogen) atoms. The number of nitrogens with one attached hydrogen (secondary N) is 1. The van der Waals surface area contributed by atoms with Gasteiger partial charge in [0.05, 0.1) is 0 Å². The molecule has 0 radical (unpaired) electrons. The molecule has 0 saturated carbocycles. The lowest BCUT2D eigenvalue weighted by molar-refractivity contribution is 0.0947. The largest absolute Gasteiger partial charge is 0.351 e. The third-order valence-electron chi connectivity index (χ3n) is 4.00. The van der Waals surface area contributed by atoms with Crippen LogP contribution in [0.1, 0.15) is 32.8 Å². The summed E-state index contributed by atoms with van der Waals surface area (Å²) in [5.74, 6) is -0.305. The number of thiophene rings is 1. The smallest absolute Gasteiger partial charge is 0.263 e. The summed E-state index contributed by atoms with van der Waals surface area (Å²) in [6, 6.07) is 7.77. The van der Waals surface area contributed by atoms with Gasteiger partial charge < -0.3 is 5.32 Å². The van der Waals surface area contributed by atoms with Gasteiger partial charge in [-0.2, -0.15) is 0 Å². The number of hydrogen-bond acceptors (Lipinski definition) is 3. The van der Waals surface area contributed by atoms with Gasteiger partial charge in [-0.3, -0.25) is 9.69 Å². The lowest BCUT2D eigenvalue weighted by Crippen LogP contribution is -2.37. The van der Waals surface area contributed by atoms with Crippen molar-refractivity contribution < 1.29 is 13.6 Å². The molecule has 0 bridgehead atoms. The monoisotopic (exact) mass is 336 g/mol. The number of amides is 1. The predicted molar refractivity (Wildman–Crippen MR) is 87.0 cm³/mol. The Morgan fingerprint density at radius 3 is 3.04 bits per heavy atom. The zero-order chi connectivity index (χ0) is 16.2. The van der Waals surface area contributed by atoms with E-state index in [1.807, 2.05) is 0 Å². The number of nitrogens with zero attached hydrogens (tertiary/aromatic N) is 1. The third kappa shape index (κ3) is 3.95. The van der Waals surface area contributed by atoms with Gasteiger partial charge >= 0.3 is 0 Å². The molecule has 0 saturated heterocycles. The highest BCUT2D eigenvalue weighted by atomic mass is 32.1. The summed E-state index contributed by atoms with van der Waals surface area (Å²) in [5, 5.41) is 4.92. The van der Waals surface area contributed by atoms with Crippen molar-refractivity contribution in [3.05, 3.63) is 57.3 Å². The average Bonchev–Trinajstić information content (AvgIpc) is 3.02. The Morgan fingerprint density at radius 2 is 2.22 bits per heavy atom. The summed E-state index contributed by atoms with van der Waals surface area (Å²) in [4.78, 5) is 15.8. The fourth-order valence-electron chi connectivity index (χ4n) is 2.74. The van der Waals surface area contributed by atoms with E-state index >= 15 is 0 Å². The van der Waals surface area contributed by atoms with Crippen LogP contribution in [-0.2, 0) is 13.0 Å². The first kappa shape index (κ1) is 16.1. The Kier molecular flexibility index (Phi) is 5.03. The molecule has 3 rings (SSSR count). The van der Waals surface area contributed by atoms with Crippen LogP contribution in [0.5, 0.6) is 0 Å². The molecule has 1 aromatic carbocycles. The minimum absolute atomic E-state index is 0.126. The Labute approximate surface area is 137 Å². The Morgan fingerprint density at radius 1 is 1.35 bits per heavy atom. The summed E-state index contributed by atoms with van der Waals surface area (Å²) in [6.07, 6.45) is -1.51. The standard InChI is InChI=1S/C17H18F2N2OS/c18-16(19)12-2-1-3-13(10-12)17(22)20-6-8-21-7-4-15-14(11-21)5-9-23-15/h1-3,5,9-10,16H,4,6-8,11H2,(H,20,22). The van der Waals surface area contributed by atoms with Crippen LogP contribution in [0.4, 0.5) is 8.78 Å². The molecular formula is C17H18F2N2OS. The number of benzene rings is 1. The van der Waals surface area contributed by atoms with Crippen LogP contribution in [0.2, 0.25) is 0 Å². The van der Waals surface area contributed by atoms with E-state index in [4.69, 9.17) is 0 Å². The molecule has 1 amide bonds. The second kappa shape index (κ2) is 7.19. The second-order valence-corrected chi connectivity index (χ2v) is 6.58. The van der Waals surface area contributed by atoms with Crippen LogP contribution >= 0.6 is 11.3 Å². The molecule has 2 aromatic rings. The molecule has 0 atom stereocenters. The number of fused-ring (bicyclic) bond motifs is 1. The highest BCUT2D eigenvalue weighted by Crippen LogP contribution is 2.23. The van der Waals surface area contributed by atoms with Gasteiger partial charge in [-0.1, -0.05) is 12.1 Å². The van der Waals surface area contributed by atoms with Gasteiger partial charge in [0.15, 0.2) is 0 Å². The molecule has 0 spiro atoms. The lowest BCUT2D eigenvalue weighted by Gasteiger charge is -2.26. The van der Waals surface area contributed by atoms with Crippen molar-refractivity contribution in [2.45, 2.75) is 19.4 Å². The second-order valence-electron chi connectivity index (χ2n) is 5.58. The zero-order valence-electron chi connectivity index (χ0n) is 12.6. The van der Waals surface area contributed by atoms with Crippen LogP contribution in [0, 0.1) is 0 Å². The Hall–Kier alpha value is -1.79. The van der Waals surface area contributed by atoms with E-state index in [2.05, 4.69) is 21.7 Å². The van der Waals surface area contributed by atoms with Crippen LogP contribution in [0.25, 0.3) is 0 Å². The molecule has 0 fully saturated rings. The molecular weight excluding hydrogens is 318 g/mol.